The Morgan fingerprint density at radius 2 is 1.70 bits per heavy atom. The van der Waals surface area contributed by atoms with Crippen LogP contribution in [0.3, 0.4) is 0 Å². The molecule has 4 heteroatoms. The SMILES string of the molecule is CN1C(=O)C2(CCCC2)NC(=O)C1(C)c1ccccc1. The van der Waals surface area contributed by atoms with Gasteiger partial charge in [0, 0.05) is 7.05 Å². The van der Waals surface area contributed by atoms with Crippen LogP contribution in [0.5, 0.6) is 0 Å². The number of carbonyl (C=O) groups excluding carboxylic acids is 2. The summed E-state index contributed by atoms with van der Waals surface area (Å²) in [7, 11) is 1.74. The zero-order chi connectivity index (χ0) is 14.4. The highest BCUT2D eigenvalue weighted by atomic mass is 16.2. The Hall–Kier alpha value is -1.84. The molecule has 4 nitrogen and oxygen atoms in total. The van der Waals surface area contributed by atoms with Crippen molar-refractivity contribution >= 4 is 11.8 Å². The zero-order valence-electron chi connectivity index (χ0n) is 12.0. The molecule has 3 rings (SSSR count). The second-order valence-electron chi connectivity index (χ2n) is 6.05. The quantitative estimate of drug-likeness (QED) is 0.847. The predicted molar refractivity (Wildman–Crippen MR) is 75.9 cm³/mol. The highest BCUT2D eigenvalue weighted by molar-refractivity contribution is 6.02. The number of likely N-dealkylation sites (N-methyl/N-ethyl adjacent to an activating group) is 1. The van der Waals surface area contributed by atoms with E-state index >= 15 is 0 Å². The predicted octanol–water partition coefficient (Wildman–Crippen LogP) is 1.80. The lowest BCUT2D eigenvalue weighted by molar-refractivity contribution is -0.160. The van der Waals surface area contributed by atoms with E-state index in [1.54, 1.807) is 11.9 Å². The van der Waals surface area contributed by atoms with Crippen LogP contribution in [-0.2, 0) is 15.1 Å². The van der Waals surface area contributed by atoms with Crippen molar-refractivity contribution in [3.05, 3.63) is 35.9 Å². The maximum Gasteiger partial charge on any atom is 0.251 e. The molecule has 1 atom stereocenters. The van der Waals surface area contributed by atoms with Gasteiger partial charge in [0.05, 0.1) is 0 Å². The molecule has 2 aliphatic rings. The lowest BCUT2D eigenvalue weighted by Gasteiger charge is -2.48. The first-order chi connectivity index (χ1) is 9.51. The van der Waals surface area contributed by atoms with Gasteiger partial charge in [-0.3, -0.25) is 9.59 Å². The van der Waals surface area contributed by atoms with Gasteiger partial charge >= 0.3 is 0 Å². The summed E-state index contributed by atoms with van der Waals surface area (Å²) >= 11 is 0. The molecular weight excluding hydrogens is 252 g/mol. The van der Waals surface area contributed by atoms with Crippen LogP contribution in [0.4, 0.5) is 0 Å². The summed E-state index contributed by atoms with van der Waals surface area (Å²) in [6.45, 7) is 1.82. The molecule has 1 aliphatic heterocycles. The van der Waals surface area contributed by atoms with Gasteiger partial charge in [-0.2, -0.15) is 0 Å². The zero-order valence-corrected chi connectivity index (χ0v) is 12.0. The van der Waals surface area contributed by atoms with Crippen molar-refractivity contribution in [1.82, 2.24) is 10.2 Å². The van der Waals surface area contributed by atoms with E-state index in [-0.39, 0.29) is 11.8 Å². The molecule has 1 aromatic carbocycles. The van der Waals surface area contributed by atoms with E-state index in [2.05, 4.69) is 5.32 Å². The fourth-order valence-corrected chi connectivity index (χ4v) is 3.47. The number of piperazine rings is 1. The second kappa shape index (κ2) is 4.33. The van der Waals surface area contributed by atoms with E-state index in [0.29, 0.717) is 0 Å². The van der Waals surface area contributed by atoms with Crippen LogP contribution in [0.1, 0.15) is 38.2 Å². The Balaban J connectivity index is 2.03. The van der Waals surface area contributed by atoms with E-state index < -0.39 is 11.1 Å². The van der Waals surface area contributed by atoms with Crippen molar-refractivity contribution in [1.29, 1.82) is 0 Å². The topological polar surface area (TPSA) is 49.4 Å². The molecule has 1 aromatic rings. The first kappa shape index (κ1) is 13.2. The van der Waals surface area contributed by atoms with Crippen LogP contribution in [0, 0.1) is 0 Å². The average molecular weight is 272 g/mol. The van der Waals surface area contributed by atoms with Crippen molar-refractivity contribution in [3.63, 3.8) is 0 Å². The Labute approximate surface area is 119 Å². The smallest absolute Gasteiger partial charge is 0.251 e. The van der Waals surface area contributed by atoms with Crippen LogP contribution in [0.25, 0.3) is 0 Å². The van der Waals surface area contributed by atoms with Gasteiger partial charge in [-0.15, -0.1) is 0 Å². The molecule has 0 bridgehead atoms. The minimum absolute atomic E-state index is 0.0425. The molecule has 2 fully saturated rings. The van der Waals surface area contributed by atoms with Crippen molar-refractivity contribution in [2.45, 2.75) is 43.7 Å². The third-order valence-electron chi connectivity index (χ3n) is 4.97. The summed E-state index contributed by atoms with van der Waals surface area (Å²) in [5, 5.41) is 3.03. The van der Waals surface area contributed by atoms with E-state index in [0.717, 1.165) is 31.2 Å². The van der Waals surface area contributed by atoms with Gasteiger partial charge in [0.15, 0.2) is 0 Å². The summed E-state index contributed by atoms with van der Waals surface area (Å²) in [6.07, 6.45) is 3.52. The molecule has 1 saturated carbocycles. The molecular formula is C16H20N2O2. The van der Waals surface area contributed by atoms with E-state index in [1.807, 2.05) is 37.3 Å². The average Bonchev–Trinajstić information content (AvgIpc) is 2.93. The van der Waals surface area contributed by atoms with Crippen LogP contribution in [-0.4, -0.2) is 29.3 Å². The molecule has 106 valence electrons. The molecule has 1 aliphatic carbocycles. The molecule has 1 unspecified atom stereocenters. The summed E-state index contributed by atoms with van der Waals surface area (Å²) in [5.74, 6) is -0.0337. The molecule has 1 spiro atoms. The largest absolute Gasteiger partial charge is 0.339 e. The maximum absolute atomic E-state index is 12.8. The van der Waals surface area contributed by atoms with Crippen LogP contribution < -0.4 is 5.32 Å². The molecule has 20 heavy (non-hydrogen) atoms. The van der Waals surface area contributed by atoms with Crippen molar-refractivity contribution < 1.29 is 9.59 Å². The minimum Gasteiger partial charge on any atom is -0.339 e. The fraction of sp³-hybridized carbons (Fsp3) is 0.500. The first-order valence-electron chi connectivity index (χ1n) is 7.17. The van der Waals surface area contributed by atoms with Crippen LogP contribution in [0.15, 0.2) is 30.3 Å². The molecule has 1 N–H and O–H groups in total. The first-order valence-corrected chi connectivity index (χ1v) is 7.17. The monoisotopic (exact) mass is 272 g/mol. The Bertz CT molecular complexity index is 549. The van der Waals surface area contributed by atoms with Crippen LogP contribution in [0.2, 0.25) is 0 Å². The molecule has 1 heterocycles. The van der Waals surface area contributed by atoms with E-state index in [9.17, 15) is 9.59 Å². The third-order valence-corrected chi connectivity index (χ3v) is 4.97. The Morgan fingerprint density at radius 3 is 2.30 bits per heavy atom. The third kappa shape index (κ3) is 1.60. The summed E-state index contributed by atoms with van der Waals surface area (Å²) in [6, 6.07) is 9.50. The Kier molecular flexibility index (Phi) is 2.85. The number of benzene rings is 1. The van der Waals surface area contributed by atoms with E-state index in [4.69, 9.17) is 0 Å². The fourth-order valence-electron chi connectivity index (χ4n) is 3.47. The highest BCUT2D eigenvalue weighted by Gasteiger charge is 2.56. The van der Waals surface area contributed by atoms with Crippen molar-refractivity contribution in [2.75, 3.05) is 7.05 Å². The number of rotatable bonds is 1. The standard InChI is InChI=1S/C16H20N2O2/c1-15(12-8-4-3-5-9-12)13(19)17-16(10-6-7-11-16)14(20)18(15)2/h3-5,8-9H,6-7,10-11H2,1-2H3,(H,17,19). The lowest BCUT2D eigenvalue weighted by Crippen LogP contribution is -2.71. The van der Waals surface area contributed by atoms with Gasteiger partial charge < -0.3 is 10.2 Å². The number of carbonyl (C=O) groups is 2. The highest BCUT2D eigenvalue weighted by Crippen LogP contribution is 2.40. The minimum atomic E-state index is -0.924. The van der Waals surface area contributed by atoms with E-state index in [1.165, 1.54) is 0 Å². The van der Waals surface area contributed by atoms with Gasteiger partial charge in [0.25, 0.3) is 5.91 Å². The number of amides is 2. The van der Waals surface area contributed by atoms with Gasteiger partial charge in [-0.25, -0.2) is 0 Å². The van der Waals surface area contributed by atoms with Crippen LogP contribution >= 0.6 is 0 Å². The number of hydrogen-bond acceptors (Lipinski definition) is 2. The molecule has 0 radical (unpaired) electrons. The summed E-state index contributed by atoms with van der Waals surface area (Å²) in [4.78, 5) is 27.2. The van der Waals surface area contributed by atoms with Gasteiger partial charge in [-0.1, -0.05) is 43.2 Å². The van der Waals surface area contributed by atoms with Gasteiger partial charge in [0.2, 0.25) is 5.91 Å². The molecule has 0 aromatic heterocycles. The van der Waals surface area contributed by atoms with Crippen molar-refractivity contribution in [3.8, 4) is 0 Å². The number of nitrogens with one attached hydrogen (secondary N) is 1. The number of hydrogen-bond donors (Lipinski definition) is 1. The lowest BCUT2D eigenvalue weighted by atomic mass is 9.81. The number of nitrogens with zero attached hydrogens (tertiary/aromatic N) is 1. The van der Waals surface area contributed by atoms with Gasteiger partial charge in [-0.05, 0) is 25.3 Å². The van der Waals surface area contributed by atoms with Gasteiger partial charge in [0.1, 0.15) is 11.1 Å². The summed E-state index contributed by atoms with van der Waals surface area (Å²) < 4.78 is 0. The second-order valence-corrected chi connectivity index (χ2v) is 6.05. The molecule has 2 amide bonds. The summed E-state index contributed by atoms with van der Waals surface area (Å²) in [5.41, 5.74) is -0.729. The maximum atomic E-state index is 12.8. The van der Waals surface area contributed by atoms with Crippen molar-refractivity contribution in [2.24, 2.45) is 0 Å². The normalized spacial score (nSPS) is 28.8. The Morgan fingerprint density at radius 1 is 1.10 bits per heavy atom. The molecule has 1 saturated heterocycles.